The Morgan fingerprint density at radius 3 is 1.17 bits per heavy atom. The summed E-state index contributed by atoms with van der Waals surface area (Å²) in [6.07, 6.45) is 0. The van der Waals surface area contributed by atoms with Crippen molar-refractivity contribution in [2.75, 3.05) is 13.2 Å². The summed E-state index contributed by atoms with van der Waals surface area (Å²) >= 11 is 5.00. The van der Waals surface area contributed by atoms with Gasteiger partial charge in [0.05, 0.1) is 13.2 Å². The van der Waals surface area contributed by atoms with Crippen LogP contribution in [-0.4, -0.2) is 50.7 Å². The molecule has 0 saturated heterocycles. The number of hydrogen-bond donors (Lipinski definition) is 2. The molecule has 0 amide bonds. The summed E-state index contributed by atoms with van der Waals surface area (Å²) in [5.41, 5.74) is 0. The summed E-state index contributed by atoms with van der Waals surface area (Å²) < 4.78 is 0. The Bertz CT molecular complexity index is 17.0. The van der Waals surface area contributed by atoms with Gasteiger partial charge in [-0.2, -0.15) is 0 Å². The van der Waals surface area contributed by atoms with Gasteiger partial charge in [-0.15, -0.1) is 0 Å². The maximum absolute atomic E-state index is 7.62. The normalized spacial score (nSPS) is 5.67. The van der Waals surface area contributed by atoms with E-state index in [1.165, 1.54) is 0 Å². The third-order valence-electron chi connectivity index (χ3n) is 0.1000. The third kappa shape index (κ3) is 20.3. The molecule has 0 spiro atoms. The Morgan fingerprint density at radius 1 is 1.00 bits per heavy atom. The van der Waals surface area contributed by atoms with Crippen LogP contribution in [0, 0.1) is 0 Å². The summed E-state index contributed by atoms with van der Waals surface area (Å²) in [6.45, 7) is -0.250. The monoisotopic (exact) mass is 222 g/mol. The molecule has 0 aromatic carbocycles. The van der Waals surface area contributed by atoms with Crippen molar-refractivity contribution >= 4 is 27.3 Å². The minimum atomic E-state index is -0.125. The average Bonchev–Trinajstić information content (AvgIpc) is 1.72. The predicted octanol–water partition coefficient (Wildman–Crippen LogP) is -1.79. The molecule has 2 nitrogen and oxygen atoms in total. The molecule has 0 radical (unpaired) electrons. The number of rotatable bonds is 1. The van der Waals surface area contributed by atoms with Crippen molar-refractivity contribution in [3.05, 3.63) is 0 Å². The van der Waals surface area contributed by atoms with E-state index in [4.69, 9.17) is 10.2 Å². The Hall–Kier alpha value is 0.959. The first-order valence-corrected chi connectivity index (χ1v) is 5.63. The fourth-order valence-electron chi connectivity index (χ4n) is 0. The van der Waals surface area contributed by atoms with Gasteiger partial charge in [0.2, 0.25) is 0 Å². The first-order chi connectivity index (χ1) is 2.91. The molecule has 0 fully saturated rings. The van der Waals surface area contributed by atoms with Crippen LogP contribution < -0.4 is 0 Å². The zero-order valence-electron chi connectivity index (χ0n) is 3.13. The molecule has 0 heterocycles. The first-order valence-electron chi connectivity index (χ1n) is 1.30. The number of aliphatic hydroxyl groups excluding tert-OH is 2. The van der Waals surface area contributed by atoms with Gasteiger partial charge in [-0.05, 0) is 0 Å². The van der Waals surface area contributed by atoms with E-state index in [2.05, 4.69) is 27.3 Å². The van der Waals surface area contributed by atoms with E-state index < -0.39 is 0 Å². The van der Waals surface area contributed by atoms with Gasteiger partial charge in [0, 0.05) is 0 Å². The molecule has 0 unspecified atom stereocenters. The molecule has 0 aliphatic heterocycles. The van der Waals surface area contributed by atoms with Crippen LogP contribution in [0.3, 0.4) is 0 Å². The molecule has 0 aromatic rings. The average molecular weight is 220 g/mol. The molecule has 6 heavy (non-hydrogen) atoms. The van der Waals surface area contributed by atoms with Crippen LogP contribution in [0.2, 0.25) is 0 Å². The van der Waals surface area contributed by atoms with Gasteiger partial charge in [0.25, 0.3) is 0 Å². The van der Waals surface area contributed by atoms with Crippen LogP contribution in [0.25, 0.3) is 0 Å². The molecule has 0 rings (SSSR count). The van der Waals surface area contributed by atoms with Gasteiger partial charge in [0.15, 0.2) is 0 Å². The Morgan fingerprint density at radius 2 is 1.17 bits per heavy atom. The standard InChI is InChI=1S/C2H6O2.Se2/c3-1-2-4;1-2/h3-4H,1-2H2;. The van der Waals surface area contributed by atoms with Gasteiger partial charge in [-0.1, -0.05) is 0 Å². The van der Waals surface area contributed by atoms with E-state index in [9.17, 15) is 0 Å². The molecule has 0 aromatic heterocycles. The van der Waals surface area contributed by atoms with Crippen LogP contribution in [0.4, 0.5) is 0 Å². The predicted molar refractivity (Wildman–Crippen MR) is 25.7 cm³/mol. The van der Waals surface area contributed by atoms with Gasteiger partial charge < -0.3 is 10.2 Å². The molecule has 38 valence electrons. The quantitative estimate of drug-likeness (QED) is 0.512. The van der Waals surface area contributed by atoms with Gasteiger partial charge in [-0.25, -0.2) is 0 Å². The summed E-state index contributed by atoms with van der Waals surface area (Å²) in [5.74, 6) is 0. The van der Waals surface area contributed by atoms with Crippen LogP contribution in [0.15, 0.2) is 0 Å². The number of hydrogen-bond acceptors (Lipinski definition) is 2. The summed E-state index contributed by atoms with van der Waals surface area (Å²) in [4.78, 5) is 0. The van der Waals surface area contributed by atoms with Gasteiger partial charge in [0.1, 0.15) is 0 Å². The van der Waals surface area contributed by atoms with Crippen LogP contribution >= 0.6 is 0 Å². The SMILES string of the molecule is OCCO.[Se]=[Se]. The van der Waals surface area contributed by atoms with Gasteiger partial charge >= 0.3 is 27.3 Å². The Balaban J connectivity index is 0. The zero-order valence-corrected chi connectivity index (χ0v) is 6.55. The van der Waals surface area contributed by atoms with Crippen molar-refractivity contribution in [2.24, 2.45) is 0 Å². The summed E-state index contributed by atoms with van der Waals surface area (Å²) in [7, 11) is 0. The second-order valence-electron chi connectivity index (χ2n) is 0.447. The second kappa shape index (κ2) is 16.7. The number of aliphatic hydroxyl groups is 2. The fraction of sp³-hybridized carbons (Fsp3) is 1.00. The summed E-state index contributed by atoms with van der Waals surface area (Å²) in [5, 5.41) is 15.2. The Kier molecular flexibility index (Phi) is 28.0. The Labute approximate surface area is 51.1 Å². The van der Waals surface area contributed by atoms with Crippen molar-refractivity contribution in [1.29, 1.82) is 0 Å². The second-order valence-corrected chi connectivity index (χ2v) is 0.447. The van der Waals surface area contributed by atoms with Crippen molar-refractivity contribution in [3.63, 3.8) is 0 Å². The topological polar surface area (TPSA) is 40.5 Å². The van der Waals surface area contributed by atoms with E-state index in [1.54, 1.807) is 0 Å². The van der Waals surface area contributed by atoms with Crippen LogP contribution in [-0.2, 0) is 0 Å². The molecule has 4 heteroatoms. The van der Waals surface area contributed by atoms with Crippen molar-refractivity contribution in [2.45, 2.75) is 0 Å². The van der Waals surface area contributed by atoms with Crippen LogP contribution in [0.1, 0.15) is 0 Å². The third-order valence-corrected chi connectivity index (χ3v) is 0.1000. The maximum atomic E-state index is 7.62. The molecule has 0 bridgehead atoms. The van der Waals surface area contributed by atoms with Crippen molar-refractivity contribution in [3.8, 4) is 0 Å². The minimum absolute atomic E-state index is 0.125. The fourth-order valence-corrected chi connectivity index (χ4v) is 0. The molecule has 0 atom stereocenters. The van der Waals surface area contributed by atoms with Crippen molar-refractivity contribution in [1.82, 2.24) is 0 Å². The van der Waals surface area contributed by atoms with E-state index in [0.717, 1.165) is 0 Å². The molecule has 0 aliphatic carbocycles. The van der Waals surface area contributed by atoms with Crippen LogP contribution in [0.5, 0.6) is 0 Å². The van der Waals surface area contributed by atoms with E-state index in [0.29, 0.717) is 0 Å². The summed E-state index contributed by atoms with van der Waals surface area (Å²) in [6, 6.07) is 0. The molecule has 0 aliphatic rings. The first kappa shape index (κ1) is 10.0. The molecule has 2 N–H and O–H groups in total. The molecular formula is C2H6O2Se2. The van der Waals surface area contributed by atoms with E-state index >= 15 is 0 Å². The molecular weight excluding hydrogens is 214 g/mol. The van der Waals surface area contributed by atoms with E-state index in [1.807, 2.05) is 0 Å². The van der Waals surface area contributed by atoms with Gasteiger partial charge in [-0.3, -0.25) is 0 Å². The zero-order chi connectivity index (χ0) is 5.41. The van der Waals surface area contributed by atoms with E-state index in [-0.39, 0.29) is 13.2 Å². The molecule has 0 saturated carbocycles. The van der Waals surface area contributed by atoms with Crippen molar-refractivity contribution < 1.29 is 10.2 Å².